The predicted molar refractivity (Wildman–Crippen MR) is 113 cm³/mol. The maximum absolute atomic E-state index is 13.5. The van der Waals surface area contributed by atoms with Crippen molar-refractivity contribution in [3.63, 3.8) is 0 Å². The zero-order chi connectivity index (χ0) is 20.6. The van der Waals surface area contributed by atoms with E-state index in [1.54, 1.807) is 32.4 Å². The lowest BCUT2D eigenvalue weighted by molar-refractivity contribution is 0.412. The molecule has 29 heavy (non-hydrogen) atoms. The molecule has 0 unspecified atom stereocenters. The van der Waals surface area contributed by atoms with E-state index >= 15 is 0 Å². The molecule has 2 aromatic carbocycles. The normalized spacial score (nSPS) is 14.9. The second-order valence-electron chi connectivity index (χ2n) is 7.06. The Kier molecular flexibility index (Phi) is 5.14. The number of nitrogens with one attached hydrogen (secondary N) is 2. The van der Waals surface area contributed by atoms with Crippen molar-refractivity contribution >= 4 is 26.4 Å². The number of ether oxygens (including phenoxy) is 2. The van der Waals surface area contributed by atoms with Crippen LogP contribution in [0.2, 0.25) is 0 Å². The highest BCUT2D eigenvalue weighted by atomic mass is 32.2. The van der Waals surface area contributed by atoms with E-state index in [-0.39, 0.29) is 9.92 Å². The molecule has 1 aliphatic heterocycles. The largest absolute Gasteiger partial charge is 0.497 e. The number of rotatable bonds is 5. The monoisotopic (exact) mass is 415 g/mol. The number of H-pyrrole nitrogens is 1. The molecule has 2 heterocycles. The van der Waals surface area contributed by atoms with Gasteiger partial charge >= 0.3 is 0 Å². The number of aromatic amines is 1. The predicted octanol–water partition coefficient (Wildman–Crippen LogP) is 2.74. The summed E-state index contributed by atoms with van der Waals surface area (Å²) in [7, 11) is -0.537. The molecule has 0 bridgehead atoms. The molecule has 7 nitrogen and oxygen atoms in total. The van der Waals surface area contributed by atoms with Gasteiger partial charge in [0.25, 0.3) is 0 Å². The number of aromatic nitrogens is 1. The van der Waals surface area contributed by atoms with E-state index in [0.717, 1.165) is 42.8 Å². The minimum Gasteiger partial charge on any atom is -0.497 e. The van der Waals surface area contributed by atoms with Crippen LogP contribution >= 0.6 is 0 Å². The smallest absolute Gasteiger partial charge is 0.222 e. The molecule has 0 atom stereocenters. The van der Waals surface area contributed by atoms with E-state index in [2.05, 4.69) is 15.2 Å². The number of fused-ring (bicyclic) bond motifs is 1. The number of methoxy groups -OCH3 is 2. The molecule has 0 amide bonds. The van der Waals surface area contributed by atoms with E-state index in [1.807, 2.05) is 25.1 Å². The highest BCUT2D eigenvalue weighted by Crippen LogP contribution is 2.36. The van der Waals surface area contributed by atoms with Crippen LogP contribution < -0.4 is 19.7 Å². The van der Waals surface area contributed by atoms with Gasteiger partial charge in [0.1, 0.15) is 16.5 Å². The summed E-state index contributed by atoms with van der Waals surface area (Å²) in [6.45, 7) is 5.11. The maximum atomic E-state index is 13.5. The molecule has 154 valence electrons. The molecule has 0 saturated carbocycles. The van der Waals surface area contributed by atoms with Crippen LogP contribution in [0.25, 0.3) is 10.9 Å². The molecule has 1 aromatic heterocycles. The maximum Gasteiger partial charge on any atom is 0.222 e. The lowest BCUT2D eigenvalue weighted by atomic mass is 10.2. The van der Waals surface area contributed by atoms with Crippen molar-refractivity contribution in [1.29, 1.82) is 0 Å². The molecule has 4 rings (SSSR count). The summed E-state index contributed by atoms with van der Waals surface area (Å²) >= 11 is 0. The molecule has 2 N–H and O–H groups in total. The van der Waals surface area contributed by atoms with Crippen LogP contribution in [0.4, 0.5) is 5.69 Å². The van der Waals surface area contributed by atoms with Gasteiger partial charge in [-0.2, -0.15) is 0 Å². The van der Waals surface area contributed by atoms with Gasteiger partial charge in [0, 0.05) is 37.1 Å². The summed E-state index contributed by atoms with van der Waals surface area (Å²) in [5, 5.41) is 4.35. The molecule has 1 aliphatic rings. The van der Waals surface area contributed by atoms with E-state index in [0.29, 0.717) is 17.1 Å². The molecule has 1 saturated heterocycles. The third-order valence-electron chi connectivity index (χ3n) is 5.41. The van der Waals surface area contributed by atoms with Gasteiger partial charge in [-0.05, 0) is 48.9 Å². The number of sulfone groups is 1. The van der Waals surface area contributed by atoms with E-state index in [1.165, 1.54) is 0 Å². The first-order chi connectivity index (χ1) is 14.0. The molecule has 3 aromatic rings. The lowest BCUT2D eigenvalue weighted by Gasteiger charge is -2.30. The molecular weight excluding hydrogens is 390 g/mol. The fraction of sp³-hybridized carbons (Fsp3) is 0.333. The summed E-state index contributed by atoms with van der Waals surface area (Å²) < 4.78 is 37.7. The van der Waals surface area contributed by atoms with Crippen molar-refractivity contribution in [2.45, 2.75) is 16.8 Å². The fourth-order valence-corrected chi connectivity index (χ4v) is 5.29. The Balaban J connectivity index is 1.81. The first-order valence-electron chi connectivity index (χ1n) is 9.51. The lowest BCUT2D eigenvalue weighted by Crippen LogP contribution is -2.43. The van der Waals surface area contributed by atoms with E-state index < -0.39 is 9.84 Å². The second kappa shape index (κ2) is 7.61. The topological polar surface area (TPSA) is 83.7 Å². The van der Waals surface area contributed by atoms with Gasteiger partial charge in [-0.15, -0.1) is 0 Å². The van der Waals surface area contributed by atoms with Crippen LogP contribution in [0.3, 0.4) is 0 Å². The van der Waals surface area contributed by atoms with Gasteiger partial charge in [-0.3, -0.25) is 0 Å². The van der Waals surface area contributed by atoms with Crippen LogP contribution in [0, 0.1) is 6.92 Å². The van der Waals surface area contributed by atoms with Crippen molar-refractivity contribution in [1.82, 2.24) is 10.3 Å². The van der Waals surface area contributed by atoms with Crippen LogP contribution in [0.5, 0.6) is 11.5 Å². The summed E-state index contributed by atoms with van der Waals surface area (Å²) in [4.78, 5) is 5.48. The molecule has 0 radical (unpaired) electrons. The number of hydrogen-bond acceptors (Lipinski definition) is 6. The van der Waals surface area contributed by atoms with E-state index in [9.17, 15) is 8.42 Å². The first-order valence-corrected chi connectivity index (χ1v) is 11.0. The van der Waals surface area contributed by atoms with Crippen molar-refractivity contribution < 1.29 is 17.9 Å². The molecule has 0 spiro atoms. The average Bonchev–Trinajstić information content (AvgIpc) is 3.10. The summed E-state index contributed by atoms with van der Waals surface area (Å²) in [5.41, 5.74) is 2.24. The summed E-state index contributed by atoms with van der Waals surface area (Å²) in [5.74, 6) is 1.36. The molecule has 1 fully saturated rings. The fourth-order valence-electron chi connectivity index (χ4n) is 3.78. The van der Waals surface area contributed by atoms with Crippen molar-refractivity contribution in [2.75, 3.05) is 45.3 Å². The third-order valence-corrected chi connectivity index (χ3v) is 7.23. The Morgan fingerprint density at radius 1 is 1.00 bits per heavy atom. The Labute approximate surface area is 170 Å². The van der Waals surface area contributed by atoms with E-state index in [4.69, 9.17) is 9.47 Å². The Morgan fingerprint density at radius 2 is 1.76 bits per heavy atom. The Hall–Kier alpha value is -2.71. The zero-order valence-electron chi connectivity index (χ0n) is 16.8. The zero-order valence-corrected chi connectivity index (χ0v) is 17.6. The number of benzene rings is 2. The number of anilines is 1. The highest BCUT2D eigenvalue weighted by molar-refractivity contribution is 7.91. The second-order valence-corrected chi connectivity index (χ2v) is 8.95. The third kappa shape index (κ3) is 3.42. The number of piperazine rings is 1. The minimum absolute atomic E-state index is 0.206. The van der Waals surface area contributed by atoms with Crippen molar-refractivity contribution in [3.05, 3.63) is 42.0 Å². The summed E-state index contributed by atoms with van der Waals surface area (Å²) in [6, 6.07) is 10.5. The van der Waals surface area contributed by atoms with Crippen LogP contribution in [-0.4, -0.2) is 53.8 Å². The number of aryl methyl sites for hydroxylation is 1. The standard InChI is InChI=1S/C21H25N3O4S/c1-14-17-12-15(27-2)4-6-18(17)23-21(14)29(25,26)16-5-7-20(28-3)19(13-16)24-10-8-22-9-11-24/h4-7,12-13,22-23H,8-11H2,1-3H3. The molecule has 0 aliphatic carbocycles. The SMILES string of the molecule is COc1ccc2[nH]c(S(=O)(=O)c3ccc(OC)c(N4CCNCC4)c3)c(C)c2c1. The Bertz CT molecular complexity index is 1150. The molecule has 8 heteroatoms. The van der Waals surface area contributed by atoms with Gasteiger partial charge in [0.2, 0.25) is 9.84 Å². The number of hydrogen-bond donors (Lipinski definition) is 2. The van der Waals surface area contributed by atoms with Crippen molar-refractivity contribution in [3.8, 4) is 11.5 Å². The average molecular weight is 416 g/mol. The highest BCUT2D eigenvalue weighted by Gasteiger charge is 2.26. The van der Waals surface area contributed by atoms with Crippen LogP contribution in [0.1, 0.15) is 5.56 Å². The van der Waals surface area contributed by atoms with Crippen LogP contribution in [-0.2, 0) is 9.84 Å². The van der Waals surface area contributed by atoms with Gasteiger partial charge in [-0.25, -0.2) is 8.42 Å². The first kappa shape index (κ1) is 19.6. The van der Waals surface area contributed by atoms with Crippen LogP contribution in [0.15, 0.2) is 46.3 Å². The minimum atomic E-state index is -3.73. The van der Waals surface area contributed by atoms with Gasteiger partial charge in [0.15, 0.2) is 0 Å². The van der Waals surface area contributed by atoms with Gasteiger partial charge < -0.3 is 24.7 Å². The van der Waals surface area contributed by atoms with Crippen molar-refractivity contribution in [2.24, 2.45) is 0 Å². The molecular formula is C21H25N3O4S. The van der Waals surface area contributed by atoms with Gasteiger partial charge in [0.05, 0.1) is 24.8 Å². The summed E-state index contributed by atoms with van der Waals surface area (Å²) in [6.07, 6.45) is 0. The Morgan fingerprint density at radius 3 is 2.45 bits per heavy atom. The van der Waals surface area contributed by atoms with Gasteiger partial charge in [-0.1, -0.05) is 0 Å². The number of nitrogens with zero attached hydrogens (tertiary/aromatic N) is 1. The quantitative estimate of drug-likeness (QED) is 0.667.